The maximum absolute atomic E-state index is 12.2. The van der Waals surface area contributed by atoms with Crippen LogP contribution in [0.3, 0.4) is 0 Å². The third-order valence-electron chi connectivity index (χ3n) is 5.61. The molecule has 0 aliphatic heterocycles. The second-order valence-electron chi connectivity index (χ2n) is 7.21. The molecule has 1 heterocycles. The van der Waals surface area contributed by atoms with Gasteiger partial charge in [0.25, 0.3) is 0 Å². The summed E-state index contributed by atoms with van der Waals surface area (Å²) in [4.78, 5) is 16.8. The van der Waals surface area contributed by atoms with Crippen molar-refractivity contribution in [2.75, 3.05) is 5.75 Å². The number of thioether (sulfide) groups is 1. The molecule has 0 aromatic carbocycles. The van der Waals surface area contributed by atoms with Gasteiger partial charge in [0.15, 0.2) is 0 Å². The van der Waals surface area contributed by atoms with Gasteiger partial charge in [-0.1, -0.05) is 51.3 Å². The molecule has 0 saturated heterocycles. The molecule has 0 spiro atoms. The fourth-order valence-electron chi connectivity index (χ4n) is 3.87. The van der Waals surface area contributed by atoms with Crippen molar-refractivity contribution < 1.29 is 4.79 Å². The van der Waals surface area contributed by atoms with Gasteiger partial charge in [0.05, 0.1) is 5.75 Å². The molecule has 2 fully saturated rings. The van der Waals surface area contributed by atoms with E-state index in [1.54, 1.807) is 0 Å². The molecule has 3 unspecified atom stereocenters. The van der Waals surface area contributed by atoms with Crippen LogP contribution in [0.5, 0.6) is 0 Å². The zero-order valence-electron chi connectivity index (χ0n) is 14.2. The molecule has 3 rings (SSSR count). The molecule has 0 radical (unpaired) electrons. The minimum atomic E-state index is 0.105. The monoisotopic (exact) mass is 336 g/mol. The fraction of sp³-hybridized carbons (Fsp3) is 0.824. The summed E-state index contributed by atoms with van der Waals surface area (Å²) in [6.45, 7) is 4.54. The van der Waals surface area contributed by atoms with Gasteiger partial charge in [0.2, 0.25) is 11.1 Å². The highest BCUT2D eigenvalue weighted by molar-refractivity contribution is 7.99. The van der Waals surface area contributed by atoms with Gasteiger partial charge in [-0.3, -0.25) is 9.89 Å². The Kier molecular flexibility index (Phi) is 5.62. The minimum absolute atomic E-state index is 0.105. The number of aromatic amines is 1. The molecule has 3 atom stereocenters. The van der Waals surface area contributed by atoms with E-state index in [4.69, 9.17) is 0 Å². The van der Waals surface area contributed by atoms with E-state index in [0.717, 1.165) is 12.2 Å². The maximum Gasteiger partial charge on any atom is 0.230 e. The van der Waals surface area contributed by atoms with Gasteiger partial charge < -0.3 is 5.32 Å². The van der Waals surface area contributed by atoms with E-state index >= 15 is 0 Å². The molecular weight excluding hydrogens is 308 g/mol. The van der Waals surface area contributed by atoms with Crippen LogP contribution in [0.15, 0.2) is 5.16 Å². The molecule has 6 heteroatoms. The van der Waals surface area contributed by atoms with Crippen molar-refractivity contribution in [3.63, 3.8) is 0 Å². The van der Waals surface area contributed by atoms with Crippen LogP contribution in [0.2, 0.25) is 0 Å². The number of carbonyl (C=O) groups is 1. The zero-order valence-corrected chi connectivity index (χ0v) is 15.0. The first-order valence-corrected chi connectivity index (χ1v) is 9.96. The van der Waals surface area contributed by atoms with Crippen LogP contribution in [-0.2, 0) is 4.79 Å². The Balaban J connectivity index is 1.45. The van der Waals surface area contributed by atoms with Crippen molar-refractivity contribution in [3.05, 3.63) is 5.82 Å². The maximum atomic E-state index is 12.2. The second-order valence-corrected chi connectivity index (χ2v) is 8.16. The standard InChI is InChI=1S/C17H28N4OS/c1-11-6-5-9-14(12(11)2)18-15(22)10-23-17-19-16(20-21-17)13-7-3-4-8-13/h11-14H,3-10H2,1-2H3,(H,18,22)(H,19,20,21). The van der Waals surface area contributed by atoms with Gasteiger partial charge in [-0.15, -0.1) is 5.10 Å². The highest BCUT2D eigenvalue weighted by atomic mass is 32.2. The Morgan fingerprint density at radius 1 is 1.22 bits per heavy atom. The van der Waals surface area contributed by atoms with Crippen LogP contribution >= 0.6 is 11.8 Å². The summed E-state index contributed by atoms with van der Waals surface area (Å²) in [6.07, 6.45) is 8.59. The van der Waals surface area contributed by atoms with E-state index in [1.807, 2.05) is 0 Å². The molecule has 1 aromatic heterocycles. The van der Waals surface area contributed by atoms with E-state index < -0.39 is 0 Å². The van der Waals surface area contributed by atoms with Gasteiger partial charge in [0.1, 0.15) is 5.82 Å². The quantitative estimate of drug-likeness (QED) is 0.807. The third-order valence-corrected chi connectivity index (χ3v) is 6.46. The van der Waals surface area contributed by atoms with Crippen molar-refractivity contribution in [2.45, 2.75) is 75.9 Å². The number of aromatic nitrogens is 3. The summed E-state index contributed by atoms with van der Waals surface area (Å²) in [5, 5.41) is 11.2. The first-order chi connectivity index (χ1) is 11.1. The topological polar surface area (TPSA) is 70.7 Å². The molecular formula is C17H28N4OS. The predicted octanol–water partition coefficient (Wildman–Crippen LogP) is 3.50. The summed E-state index contributed by atoms with van der Waals surface area (Å²) >= 11 is 1.43. The lowest BCUT2D eigenvalue weighted by Crippen LogP contribution is -2.44. The molecule has 2 aliphatic rings. The first kappa shape index (κ1) is 16.8. The van der Waals surface area contributed by atoms with Crippen LogP contribution in [0, 0.1) is 11.8 Å². The van der Waals surface area contributed by atoms with Crippen LogP contribution < -0.4 is 5.32 Å². The van der Waals surface area contributed by atoms with Crippen LogP contribution in [0.25, 0.3) is 0 Å². The van der Waals surface area contributed by atoms with Gasteiger partial charge in [-0.05, 0) is 31.1 Å². The Hall–Kier alpha value is -1.04. The smallest absolute Gasteiger partial charge is 0.230 e. The number of hydrogen-bond donors (Lipinski definition) is 2. The Labute approximate surface area is 142 Å². The highest BCUT2D eigenvalue weighted by Gasteiger charge is 2.28. The van der Waals surface area contributed by atoms with E-state index in [9.17, 15) is 4.79 Å². The fourth-order valence-corrected chi connectivity index (χ4v) is 4.49. The number of nitrogens with zero attached hydrogens (tertiary/aromatic N) is 2. The molecule has 1 amide bonds. The van der Waals surface area contributed by atoms with Gasteiger partial charge in [-0.25, -0.2) is 4.98 Å². The van der Waals surface area contributed by atoms with Crippen LogP contribution in [0.1, 0.15) is 70.5 Å². The summed E-state index contributed by atoms with van der Waals surface area (Å²) in [5.74, 6) is 3.31. The molecule has 128 valence electrons. The number of H-pyrrole nitrogens is 1. The molecule has 1 aromatic rings. The summed E-state index contributed by atoms with van der Waals surface area (Å²) in [5.41, 5.74) is 0. The van der Waals surface area contributed by atoms with E-state index in [1.165, 1.54) is 50.3 Å². The number of amides is 1. The lowest BCUT2D eigenvalue weighted by Gasteiger charge is -2.34. The molecule has 2 N–H and O–H groups in total. The largest absolute Gasteiger partial charge is 0.352 e. The Morgan fingerprint density at radius 2 is 2.00 bits per heavy atom. The molecule has 2 aliphatic carbocycles. The van der Waals surface area contributed by atoms with Crippen molar-refractivity contribution in [1.29, 1.82) is 0 Å². The van der Waals surface area contributed by atoms with Crippen LogP contribution in [-0.4, -0.2) is 32.9 Å². The normalized spacial score (nSPS) is 28.9. The molecule has 5 nitrogen and oxygen atoms in total. The van der Waals surface area contributed by atoms with Crippen molar-refractivity contribution in [1.82, 2.24) is 20.5 Å². The van der Waals surface area contributed by atoms with Gasteiger partial charge >= 0.3 is 0 Å². The Bertz CT molecular complexity index is 526. The third kappa shape index (κ3) is 4.28. The Morgan fingerprint density at radius 3 is 2.78 bits per heavy atom. The first-order valence-electron chi connectivity index (χ1n) is 8.98. The van der Waals surface area contributed by atoms with E-state index in [0.29, 0.717) is 34.7 Å². The average Bonchev–Trinajstić information content (AvgIpc) is 3.20. The predicted molar refractivity (Wildman–Crippen MR) is 92.4 cm³/mol. The van der Waals surface area contributed by atoms with Gasteiger partial charge in [-0.2, -0.15) is 0 Å². The average molecular weight is 337 g/mol. The van der Waals surface area contributed by atoms with Crippen LogP contribution in [0.4, 0.5) is 0 Å². The lowest BCUT2D eigenvalue weighted by atomic mass is 9.78. The summed E-state index contributed by atoms with van der Waals surface area (Å²) in [7, 11) is 0. The number of nitrogens with one attached hydrogen (secondary N) is 2. The SMILES string of the molecule is CC1CCCC(NC(=O)CSc2n[nH]c(C3CCCC3)n2)C1C. The number of hydrogen-bond acceptors (Lipinski definition) is 4. The van der Waals surface area contributed by atoms with Gasteiger partial charge in [0, 0.05) is 12.0 Å². The molecule has 23 heavy (non-hydrogen) atoms. The number of rotatable bonds is 5. The summed E-state index contributed by atoms with van der Waals surface area (Å²) < 4.78 is 0. The zero-order chi connectivity index (χ0) is 16.2. The lowest BCUT2D eigenvalue weighted by molar-refractivity contribution is -0.120. The van der Waals surface area contributed by atoms with Crippen molar-refractivity contribution in [2.24, 2.45) is 11.8 Å². The number of carbonyl (C=O) groups excluding carboxylic acids is 1. The van der Waals surface area contributed by atoms with Crippen molar-refractivity contribution in [3.8, 4) is 0 Å². The molecule has 0 bridgehead atoms. The molecule has 2 saturated carbocycles. The minimum Gasteiger partial charge on any atom is -0.352 e. The van der Waals surface area contributed by atoms with E-state index in [2.05, 4.69) is 34.3 Å². The highest BCUT2D eigenvalue weighted by Crippen LogP contribution is 2.32. The van der Waals surface area contributed by atoms with Crippen molar-refractivity contribution >= 4 is 17.7 Å². The summed E-state index contributed by atoms with van der Waals surface area (Å²) in [6, 6.07) is 0.327. The second kappa shape index (κ2) is 7.69. The van der Waals surface area contributed by atoms with E-state index in [-0.39, 0.29) is 5.91 Å².